The molecule has 108 valence electrons. The lowest BCUT2D eigenvalue weighted by Gasteiger charge is -2.20. The second-order valence-electron chi connectivity index (χ2n) is 5.13. The summed E-state index contributed by atoms with van der Waals surface area (Å²) < 4.78 is 10.7. The van der Waals surface area contributed by atoms with Gasteiger partial charge in [0, 0.05) is 13.2 Å². The van der Waals surface area contributed by atoms with Crippen LogP contribution in [0.4, 0.5) is 0 Å². The van der Waals surface area contributed by atoms with Crippen LogP contribution in [0.3, 0.4) is 0 Å². The van der Waals surface area contributed by atoms with Crippen LogP contribution in [0.1, 0.15) is 30.9 Å². The Morgan fingerprint density at radius 1 is 1.21 bits per heavy atom. The van der Waals surface area contributed by atoms with Crippen LogP contribution >= 0.6 is 0 Å². The zero-order chi connectivity index (χ0) is 14.3. The van der Waals surface area contributed by atoms with Gasteiger partial charge < -0.3 is 14.8 Å². The van der Waals surface area contributed by atoms with Gasteiger partial charge in [0.05, 0.1) is 13.2 Å². The summed E-state index contributed by atoms with van der Waals surface area (Å²) in [5.74, 6) is 0.977. The van der Waals surface area contributed by atoms with E-state index in [0.717, 1.165) is 25.0 Å². The summed E-state index contributed by atoms with van der Waals surface area (Å²) >= 11 is 0. The molecule has 1 aromatic carbocycles. The van der Waals surface area contributed by atoms with E-state index in [1.165, 1.54) is 11.1 Å². The van der Waals surface area contributed by atoms with Gasteiger partial charge >= 0.3 is 0 Å². The Labute approximate surface area is 117 Å². The quantitative estimate of drug-likeness (QED) is 0.784. The van der Waals surface area contributed by atoms with Crippen molar-refractivity contribution in [2.24, 2.45) is 0 Å². The summed E-state index contributed by atoms with van der Waals surface area (Å²) in [7, 11) is 5.52. The summed E-state index contributed by atoms with van der Waals surface area (Å²) in [6.07, 6.45) is 3.46. The molecule has 1 N–H and O–H groups in total. The number of rotatable bonds is 8. The second-order valence-corrected chi connectivity index (χ2v) is 5.13. The Morgan fingerprint density at radius 2 is 1.95 bits per heavy atom. The van der Waals surface area contributed by atoms with Crippen molar-refractivity contribution < 1.29 is 9.47 Å². The molecule has 0 aliphatic heterocycles. The van der Waals surface area contributed by atoms with Crippen molar-refractivity contribution in [3.05, 3.63) is 29.3 Å². The lowest BCUT2D eigenvalue weighted by atomic mass is 9.98. The van der Waals surface area contributed by atoms with E-state index in [4.69, 9.17) is 9.47 Å². The number of benzene rings is 1. The molecule has 0 spiro atoms. The molecule has 2 atom stereocenters. The summed E-state index contributed by atoms with van der Waals surface area (Å²) in [6.45, 7) is 4.23. The van der Waals surface area contributed by atoms with Crippen LogP contribution < -0.4 is 10.1 Å². The average molecular weight is 265 g/mol. The van der Waals surface area contributed by atoms with Gasteiger partial charge in [0.2, 0.25) is 0 Å². The minimum atomic E-state index is 0.315. The van der Waals surface area contributed by atoms with Gasteiger partial charge in [-0.2, -0.15) is 0 Å². The van der Waals surface area contributed by atoms with Crippen molar-refractivity contribution in [3.8, 4) is 5.75 Å². The van der Waals surface area contributed by atoms with E-state index in [-0.39, 0.29) is 0 Å². The first-order valence-electron chi connectivity index (χ1n) is 6.94. The maximum Gasteiger partial charge on any atom is 0.122 e. The zero-order valence-corrected chi connectivity index (χ0v) is 12.8. The third kappa shape index (κ3) is 5.21. The molecule has 0 saturated carbocycles. The predicted molar refractivity (Wildman–Crippen MR) is 80.0 cm³/mol. The molecular formula is C16H27NO2. The van der Waals surface area contributed by atoms with Crippen molar-refractivity contribution >= 4 is 0 Å². The molecule has 1 rings (SSSR count). The molecule has 0 amide bonds. The van der Waals surface area contributed by atoms with Crippen LogP contribution in [0, 0.1) is 6.92 Å². The first-order valence-corrected chi connectivity index (χ1v) is 6.94. The molecule has 0 aromatic heterocycles. The van der Waals surface area contributed by atoms with Crippen LogP contribution in [0.5, 0.6) is 5.75 Å². The Bertz CT molecular complexity index is 379. The van der Waals surface area contributed by atoms with E-state index in [0.29, 0.717) is 12.1 Å². The van der Waals surface area contributed by atoms with E-state index in [1.807, 2.05) is 7.05 Å². The minimum Gasteiger partial charge on any atom is -0.496 e. The van der Waals surface area contributed by atoms with Gasteiger partial charge in [-0.3, -0.25) is 0 Å². The van der Waals surface area contributed by atoms with Crippen LogP contribution in [-0.2, 0) is 11.2 Å². The van der Waals surface area contributed by atoms with Crippen molar-refractivity contribution in [2.45, 2.75) is 45.3 Å². The van der Waals surface area contributed by atoms with Gasteiger partial charge in [-0.25, -0.2) is 0 Å². The third-order valence-corrected chi connectivity index (χ3v) is 3.63. The fraction of sp³-hybridized carbons (Fsp3) is 0.625. The number of ether oxygens (including phenoxy) is 2. The standard InChI is InChI=1S/C16H27NO2/c1-12-6-9-16(19-5)14(10-12)11-15(17-3)8-7-13(2)18-4/h6,9-10,13,15,17H,7-8,11H2,1-5H3. The van der Waals surface area contributed by atoms with Crippen molar-refractivity contribution in [1.82, 2.24) is 5.32 Å². The van der Waals surface area contributed by atoms with Crippen molar-refractivity contribution in [3.63, 3.8) is 0 Å². The SMILES string of the molecule is CNC(CCC(C)OC)Cc1cc(C)ccc1OC. The fourth-order valence-electron chi connectivity index (χ4n) is 2.23. The summed E-state index contributed by atoms with van der Waals surface area (Å²) in [6, 6.07) is 6.80. The van der Waals surface area contributed by atoms with Gasteiger partial charge in [-0.05, 0) is 51.8 Å². The molecule has 19 heavy (non-hydrogen) atoms. The lowest BCUT2D eigenvalue weighted by molar-refractivity contribution is 0.106. The van der Waals surface area contributed by atoms with Crippen molar-refractivity contribution in [1.29, 1.82) is 0 Å². The molecular weight excluding hydrogens is 238 g/mol. The highest BCUT2D eigenvalue weighted by Gasteiger charge is 2.12. The number of likely N-dealkylation sites (N-methyl/N-ethyl adjacent to an activating group) is 1. The van der Waals surface area contributed by atoms with Gasteiger partial charge in [0.15, 0.2) is 0 Å². The Kier molecular flexibility index (Phi) is 6.89. The minimum absolute atomic E-state index is 0.315. The smallest absolute Gasteiger partial charge is 0.122 e. The molecule has 2 unspecified atom stereocenters. The molecule has 3 nitrogen and oxygen atoms in total. The number of hydrogen-bond acceptors (Lipinski definition) is 3. The van der Waals surface area contributed by atoms with Crippen molar-refractivity contribution in [2.75, 3.05) is 21.3 Å². The fourth-order valence-corrected chi connectivity index (χ4v) is 2.23. The Hall–Kier alpha value is -1.06. The number of hydrogen-bond donors (Lipinski definition) is 1. The highest BCUT2D eigenvalue weighted by molar-refractivity contribution is 5.37. The highest BCUT2D eigenvalue weighted by Crippen LogP contribution is 2.22. The summed E-state index contributed by atoms with van der Waals surface area (Å²) in [5.41, 5.74) is 2.54. The highest BCUT2D eigenvalue weighted by atomic mass is 16.5. The predicted octanol–water partition coefficient (Wildman–Crippen LogP) is 2.95. The molecule has 1 aromatic rings. The molecule has 0 heterocycles. The van der Waals surface area contributed by atoms with E-state index in [1.54, 1.807) is 14.2 Å². The van der Waals surface area contributed by atoms with Crippen LogP contribution in [0.25, 0.3) is 0 Å². The van der Waals surface area contributed by atoms with E-state index >= 15 is 0 Å². The second kappa shape index (κ2) is 8.18. The molecule has 0 aliphatic rings. The largest absolute Gasteiger partial charge is 0.496 e. The number of methoxy groups -OCH3 is 2. The topological polar surface area (TPSA) is 30.5 Å². The molecule has 0 saturated heterocycles. The molecule has 0 fully saturated rings. The maximum absolute atomic E-state index is 5.44. The van der Waals surface area contributed by atoms with E-state index in [2.05, 4.69) is 37.4 Å². The van der Waals surface area contributed by atoms with Crippen LogP contribution in [0.2, 0.25) is 0 Å². The van der Waals surface area contributed by atoms with Gasteiger partial charge in [-0.15, -0.1) is 0 Å². The monoisotopic (exact) mass is 265 g/mol. The summed E-state index contributed by atoms with van der Waals surface area (Å²) in [5, 5.41) is 3.39. The van der Waals surface area contributed by atoms with E-state index < -0.39 is 0 Å². The van der Waals surface area contributed by atoms with Gasteiger partial charge in [-0.1, -0.05) is 17.7 Å². The molecule has 0 bridgehead atoms. The van der Waals surface area contributed by atoms with Crippen LogP contribution in [0.15, 0.2) is 18.2 Å². The Balaban J connectivity index is 2.66. The normalized spacial score (nSPS) is 14.2. The molecule has 3 heteroatoms. The number of nitrogens with one attached hydrogen (secondary N) is 1. The first kappa shape index (κ1) is 16.0. The van der Waals surface area contributed by atoms with Crippen LogP contribution in [-0.4, -0.2) is 33.4 Å². The third-order valence-electron chi connectivity index (χ3n) is 3.63. The lowest BCUT2D eigenvalue weighted by Crippen LogP contribution is -2.29. The first-order chi connectivity index (χ1) is 9.10. The summed E-state index contributed by atoms with van der Waals surface area (Å²) in [4.78, 5) is 0. The average Bonchev–Trinajstić information content (AvgIpc) is 2.43. The Morgan fingerprint density at radius 3 is 2.53 bits per heavy atom. The van der Waals surface area contributed by atoms with E-state index in [9.17, 15) is 0 Å². The maximum atomic E-state index is 5.44. The number of aryl methyl sites for hydroxylation is 1. The zero-order valence-electron chi connectivity index (χ0n) is 12.8. The molecule has 0 aliphatic carbocycles. The van der Waals surface area contributed by atoms with Gasteiger partial charge in [0.1, 0.15) is 5.75 Å². The molecule has 0 radical (unpaired) electrons. The van der Waals surface area contributed by atoms with Gasteiger partial charge in [0.25, 0.3) is 0 Å².